The summed E-state index contributed by atoms with van der Waals surface area (Å²) < 4.78 is 55.5. The number of non-ortho nitro benzene ring substituents is 1. The molecule has 15 heteroatoms. The first-order valence-corrected chi connectivity index (χ1v) is 9.08. The molecule has 0 aliphatic carbocycles. The average Bonchev–Trinajstić information content (AvgIpc) is 2.66. The van der Waals surface area contributed by atoms with Crippen molar-refractivity contribution < 1.29 is 27.4 Å². The SMILES string of the molecule is CCN(c1c([N+](=O)[O-])cc([N+](=O)[O-])cc1C(F)(F)F)c1c(Cl)c(F)c(Cl)c(Cl)c1Cl. The van der Waals surface area contributed by atoms with Gasteiger partial charge in [-0.2, -0.15) is 13.2 Å². The quantitative estimate of drug-likeness (QED) is 0.137. The van der Waals surface area contributed by atoms with Gasteiger partial charge in [0.2, 0.25) is 0 Å². The zero-order valence-electron chi connectivity index (χ0n) is 14.4. The molecular formula is C15H7Cl4F4N3O4. The van der Waals surface area contributed by atoms with E-state index in [1.54, 1.807) is 0 Å². The average molecular weight is 511 g/mol. The number of nitro benzene ring substituents is 2. The number of halogens is 8. The number of hydrogen-bond acceptors (Lipinski definition) is 5. The summed E-state index contributed by atoms with van der Waals surface area (Å²) in [5, 5.41) is 19.8. The van der Waals surface area contributed by atoms with Crippen molar-refractivity contribution in [3.05, 3.63) is 63.8 Å². The standard InChI is InChI=1S/C15H7Cl4F4N3O4/c1-2-24(14-10(18)8(16)9(17)12(20)11(14)19)13-6(15(21,22)23)3-5(25(27)28)4-7(13)26(29)30/h3-4H,2H2,1H3. The maximum Gasteiger partial charge on any atom is 0.418 e. The highest BCUT2D eigenvalue weighted by Crippen LogP contribution is 2.52. The lowest BCUT2D eigenvalue weighted by atomic mass is 10.1. The third kappa shape index (κ3) is 4.20. The van der Waals surface area contributed by atoms with Crippen LogP contribution in [0.25, 0.3) is 0 Å². The molecule has 0 saturated heterocycles. The minimum atomic E-state index is -5.27. The Morgan fingerprint density at radius 3 is 1.93 bits per heavy atom. The molecule has 162 valence electrons. The van der Waals surface area contributed by atoms with E-state index in [1.807, 2.05) is 0 Å². The van der Waals surface area contributed by atoms with Crippen LogP contribution in [0.15, 0.2) is 12.1 Å². The van der Waals surface area contributed by atoms with Gasteiger partial charge in [-0.25, -0.2) is 4.39 Å². The molecule has 0 amide bonds. The van der Waals surface area contributed by atoms with Gasteiger partial charge in [0.05, 0.1) is 42.2 Å². The molecule has 0 atom stereocenters. The van der Waals surface area contributed by atoms with Gasteiger partial charge in [-0.05, 0) is 6.92 Å². The van der Waals surface area contributed by atoms with Gasteiger partial charge in [-0.1, -0.05) is 46.4 Å². The van der Waals surface area contributed by atoms with E-state index in [4.69, 9.17) is 46.4 Å². The van der Waals surface area contributed by atoms with Crippen LogP contribution in [0.3, 0.4) is 0 Å². The Bertz CT molecular complexity index is 1040. The van der Waals surface area contributed by atoms with Gasteiger partial charge in [0.25, 0.3) is 11.4 Å². The van der Waals surface area contributed by atoms with Gasteiger partial charge in [-0.15, -0.1) is 0 Å². The summed E-state index contributed by atoms with van der Waals surface area (Å²) in [4.78, 5) is 20.6. The minimum Gasteiger partial charge on any atom is -0.333 e. The van der Waals surface area contributed by atoms with Crippen LogP contribution < -0.4 is 4.90 Å². The van der Waals surface area contributed by atoms with Crippen molar-refractivity contribution in [2.45, 2.75) is 13.1 Å². The first kappa shape index (κ1) is 24.2. The molecule has 0 radical (unpaired) electrons. The number of alkyl halides is 3. The molecule has 0 spiro atoms. The molecule has 0 aliphatic rings. The van der Waals surface area contributed by atoms with E-state index in [1.165, 1.54) is 6.92 Å². The molecule has 7 nitrogen and oxygen atoms in total. The molecule has 30 heavy (non-hydrogen) atoms. The van der Waals surface area contributed by atoms with Crippen molar-refractivity contribution in [2.24, 2.45) is 0 Å². The van der Waals surface area contributed by atoms with Gasteiger partial charge < -0.3 is 4.90 Å². The van der Waals surface area contributed by atoms with E-state index in [2.05, 4.69) is 0 Å². The summed E-state index contributed by atoms with van der Waals surface area (Å²) in [5.41, 5.74) is -5.95. The van der Waals surface area contributed by atoms with Crippen molar-refractivity contribution in [2.75, 3.05) is 11.4 Å². The second-order valence-electron chi connectivity index (χ2n) is 5.54. The molecule has 0 fully saturated rings. The van der Waals surface area contributed by atoms with Crippen molar-refractivity contribution in [1.82, 2.24) is 0 Å². The van der Waals surface area contributed by atoms with E-state index < -0.39 is 76.8 Å². The van der Waals surface area contributed by atoms with Crippen molar-refractivity contribution >= 4 is 69.2 Å². The maximum atomic E-state index is 14.3. The highest BCUT2D eigenvalue weighted by molar-refractivity contribution is 6.51. The van der Waals surface area contributed by atoms with Crippen LogP contribution in [0, 0.1) is 26.0 Å². The van der Waals surface area contributed by atoms with Crippen LogP contribution in [0.2, 0.25) is 20.1 Å². The number of nitrogens with zero attached hydrogens (tertiary/aromatic N) is 3. The maximum absolute atomic E-state index is 14.3. The van der Waals surface area contributed by atoms with Gasteiger partial charge >= 0.3 is 6.18 Å². The number of benzene rings is 2. The molecule has 2 rings (SSSR count). The van der Waals surface area contributed by atoms with E-state index in [0.717, 1.165) is 0 Å². The second-order valence-corrected chi connectivity index (χ2v) is 7.05. The van der Waals surface area contributed by atoms with Gasteiger partial charge in [0.1, 0.15) is 10.7 Å². The summed E-state index contributed by atoms with van der Waals surface area (Å²) in [6.07, 6.45) is -5.27. The van der Waals surface area contributed by atoms with Crippen molar-refractivity contribution in [1.29, 1.82) is 0 Å². The topological polar surface area (TPSA) is 89.5 Å². The van der Waals surface area contributed by atoms with E-state index in [-0.39, 0.29) is 6.07 Å². The van der Waals surface area contributed by atoms with Crippen LogP contribution in [0.1, 0.15) is 12.5 Å². The van der Waals surface area contributed by atoms with Crippen LogP contribution >= 0.6 is 46.4 Å². The fourth-order valence-electron chi connectivity index (χ4n) is 2.61. The Balaban J connectivity index is 3.05. The predicted octanol–water partition coefficient (Wildman–Crippen LogP) is 7.43. The van der Waals surface area contributed by atoms with E-state index in [0.29, 0.717) is 11.0 Å². The zero-order valence-corrected chi connectivity index (χ0v) is 17.4. The van der Waals surface area contributed by atoms with Crippen LogP contribution in [-0.2, 0) is 6.18 Å². The van der Waals surface area contributed by atoms with Crippen LogP contribution in [0.4, 0.5) is 40.3 Å². The summed E-state index contributed by atoms with van der Waals surface area (Å²) in [6.45, 7) is 0.816. The minimum absolute atomic E-state index is 0.112. The molecule has 2 aromatic rings. The first-order valence-electron chi connectivity index (χ1n) is 7.56. The second kappa shape index (κ2) is 8.58. The van der Waals surface area contributed by atoms with Crippen molar-refractivity contribution in [3.63, 3.8) is 0 Å². The summed E-state index contributed by atoms with van der Waals surface area (Å²) in [6, 6.07) is 0.448. The molecule has 0 heterocycles. The van der Waals surface area contributed by atoms with E-state index in [9.17, 15) is 37.8 Å². The Hall–Kier alpha value is -2.08. The lowest BCUT2D eigenvalue weighted by molar-refractivity contribution is -0.394. The van der Waals surface area contributed by atoms with E-state index >= 15 is 0 Å². The molecule has 0 unspecified atom stereocenters. The lowest BCUT2D eigenvalue weighted by Gasteiger charge is -2.28. The van der Waals surface area contributed by atoms with Crippen molar-refractivity contribution in [3.8, 4) is 0 Å². The zero-order chi connectivity index (χ0) is 23.1. The number of hydrogen-bond donors (Lipinski definition) is 0. The predicted molar refractivity (Wildman–Crippen MR) is 104 cm³/mol. The molecule has 2 aromatic carbocycles. The molecule has 0 N–H and O–H groups in total. The van der Waals surface area contributed by atoms with Gasteiger partial charge in [-0.3, -0.25) is 20.2 Å². The third-order valence-corrected chi connectivity index (χ3v) is 5.47. The Morgan fingerprint density at radius 1 is 0.933 bits per heavy atom. The number of rotatable bonds is 5. The summed E-state index contributed by atoms with van der Waals surface area (Å²) in [5.74, 6) is -1.32. The Labute approximate surface area is 185 Å². The largest absolute Gasteiger partial charge is 0.418 e. The Kier molecular flexibility index (Phi) is 6.92. The molecule has 0 aromatic heterocycles. The molecule has 0 bridgehead atoms. The fourth-order valence-corrected chi connectivity index (χ4v) is 3.70. The lowest BCUT2D eigenvalue weighted by Crippen LogP contribution is -2.23. The summed E-state index contributed by atoms with van der Waals surface area (Å²) >= 11 is 23.3. The molecule has 0 saturated carbocycles. The third-order valence-electron chi connectivity index (χ3n) is 3.83. The highest BCUT2D eigenvalue weighted by atomic mass is 35.5. The van der Waals surface area contributed by atoms with Gasteiger partial charge in [0, 0.05) is 12.6 Å². The smallest absolute Gasteiger partial charge is 0.333 e. The number of nitro groups is 2. The monoisotopic (exact) mass is 509 g/mol. The summed E-state index contributed by atoms with van der Waals surface area (Å²) in [7, 11) is 0. The normalized spacial score (nSPS) is 11.5. The molecule has 0 aliphatic heterocycles. The fraction of sp³-hybridized carbons (Fsp3) is 0.200. The molecular weight excluding hydrogens is 504 g/mol. The first-order chi connectivity index (χ1) is 13.7. The highest BCUT2D eigenvalue weighted by Gasteiger charge is 2.42. The van der Waals surface area contributed by atoms with Crippen LogP contribution in [-0.4, -0.2) is 16.4 Å². The van der Waals surface area contributed by atoms with Gasteiger partial charge in [0.15, 0.2) is 5.82 Å². The van der Waals surface area contributed by atoms with Crippen LogP contribution in [0.5, 0.6) is 0 Å². The number of anilines is 2. The Morgan fingerprint density at radius 2 is 1.50 bits per heavy atom.